The van der Waals surface area contributed by atoms with E-state index in [9.17, 15) is 14.7 Å². The maximum absolute atomic E-state index is 13.6. The summed E-state index contributed by atoms with van der Waals surface area (Å²) in [4.78, 5) is 33.3. The number of Topliss-reactive ketones (excluding diaryl/α,β-unsaturated/α-hetero) is 1. The summed E-state index contributed by atoms with van der Waals surface area (Å²) in [6.45, 7) is 7.96. The second kappa shape index (κ2) is 9.71. The summed E-state index contributed by atoms with van der Waals surface area (Å²) < 4.78 is 12.4. The number of aliphatic hydroxyl groups is 1. The molecular formula is C31H26N2O5S. The molecule has 0 radical (unpaired) electrons. The number of thiazole rings is 1. The van der Waals surface area contributed by atoms with Crippen molar-refractivity contribution >= 4 is 44.1 Å². The molecule has 3 aromatic carbocycles. The van der Waals surface area contributed by atoms with Crippen molar-refractivity contribution in [2.24, 2.45) is 0 Å². The lowest BCUT2D eigenvalue weighted by Gasteiger charge is -2.23. The molecule has 2 aliphatic heterocycles. The molecule has 1 aromatic heterocycles. The zero-order valence-corrected chi connectivity index (χ0v) is 22.3. The van der Waals surface area contributed by atoms with Crippen LogP contribution >= 0.6 is 11.3 Å². The van der Waals surface area contributed by atoms with Crippen LogP contribution < -0.4 is 14.4 Å². The van der Waals surface area contributed by atoms with Crippen LogP contribution in [0.15, 0.2) is 78.9 Å². The number of anilines is 1. The Morgan fingerprint density at radius 3 is 2.87 bits per heavy atom. The minimum Gasteiger partial charge on any atom is -0.507 e. The van der Waals surface area contributed by atoms with Crippen LogP contribution in [0.1, 0.15) is 35.2 Å². The molecule has 6 rings (SSSR count). The molecule has 1 fully saturated rings. The summed E-state index contributed by atoms with van der Waals surface area (Å²) in [6.07, 6.45) is 2.37. The van der Waals surface area contributed by atoms with Crippen molar-refractivity contribution in [2.45, 2.75) is 32.4 Å². The molecule has 8 heteroatoms. The van der Waals surface area contributed by atoms with E-state index in [-0.39, 0.29) is 17.4 Å². The first-order chi connectivity index (χ1) is 18.8. The van der Waals surface area contributed by atoms with E-state index in [1.165, 1.54) is 16.2 Å². The van der Waals surface area contributed by atoms with Crippen LogP contribution in [-0.2, 0) is 16.0 Å². The Morgan fingerprint density at radius 1 is 1.21 bits per heavy atom. The number of aromatic nitrogens is 1. The van der Waals surface area contributed by atoms with Crippen LogP contribution in [-0.4, -0.2) is 34.5 Å². The van der Waals surface area contributed by atoms with Gasteiger partial charge in [-0.3, -0.25) is 14.5 Å². The average Bonchev–Trinajstić information content (AvgIpc) is 3.59. The highest BCUT2D eigenvalue weighted by atomic mass is 32.1. The predicted octanol–water partition coefficient (Wildman–Crippen LogP) is 6.12. The first kappa shape index (κ1) is 24.9. The predicted molar refractivity (Wildman–Crippen MR) is 152 cm³/mol. The number of aryl methyl sites for hydroxylation is 1. The highest BCUT2D eigenvalue weighted by Crippen LogP contribution is 2.45. The number of hydrogen-bond acceptors (Lipinski definition) is 7. The lowest BCUT2D eigenvalue weighted by molar-refractivity contribution is -0.132. The fraction of sp³-hybridized carbons (Fsp3) is 0.194. The lowest BCUT2D eigenvalue weighted by atomic mass is 9.94. The van der Waals surface area contributed by atoms with E-state index >= 15 is 0 Å². The molecule has 7 nitrogen and oxygen atoms in total. The maximum atomic E-state index is 13.6. The van der Waals surface area contributed by atoms with Gasteiger partial charge in [0.15, 0.2) is 5.13 Å². The average molecular weight is 539 g/mol. The lowest BCUT2D eigenvalue weighted by Crippen LogP contribution is -2.29. The summed E-state index contributed by atoms with van der Waals surface area (Å²) in [6, 6.07) is 17.4. The molecule has 2 aliphatic rings. The fourth-order valence-corrected chi connectivity index (χ4v) is 6.21. The number of aliphatic hydroxyl groups excluding tert-OH is 1. The van der Waals surface area contributed by atoms with Crippen molar-refractivity contribution in [2.75, 3.05) is 11.5 Å². The number of ketones is 1. The van der Waals surface area contributed by atoms with Crippen molar-refractivity contribution in [3.8, 4) is 11.5 Å². The van der Waals surface area contributed by atoms with Gasteiger partial charge in [-0.15, -0.1) is 0 Å². The number of benzene rings is 3. The molecule has 0 aliphatic carbocycles. The first-order valence-electron chi connectivity index (χ1n) is 12.7. The molecule has 1 N–H and O–H groups in total. The largest absolute Gasteiger partial charge is 0.507 e. The van der Waals surface area contributed by atoms with Crippen LogP contribution in [0.2, 0.25) is 0 Å². The van der Waals surface area contributed by atoms with Gasteiger partial charge in [-0.05, 0) is 73.0 Å². The molecule has 0 spiro atoms. The Morgan fingerprint density at radius 2 is 2.05 bits per heavy atom. The highest BCUT2D eigenvalue weighted by molar-refractivity contribution is 7.22. The fourth-order valence-electron chi connectivity index (χ4n) is 5.12. The molecular weight excluding hydrogens is 512 g/mol. The Hall–Kier alpha value is -4.43. The summed E-state index contributed by atoms with van der Waals surface area (Å²) in [7, 11) is 0. The summed E-state index contributed by atoms with van der Waals surface area (Å²) >= 11 is 1.33. The number of carbonyl (C=O) groups is 2. The summed E-state index contributed by atoms with van der Waals surface area (Å²) in [5, 5.41) is 12.0. The van der Waals surface area contributed by atoms with Crippen molar-refractivity contribution < 1.29 is 24.2 Å². The molecule has 0 bridgehead atoms. The van der Waals surface area contributed by atoms with E-state index in [4.69, 9.17) is 14.5 Å². The van der Waals surface area contributed by atoms with Gasteiger partial charge in [0, 0.05) is 12.0 Å². The van der Waals surface area contributed by atoms with Crippen LogP contribution in [0.3, 0.4) is 0 Å². The monoisotopic (exact) mass is 538 g/mol. The van der Waals surface area contributed by atoms with Crippen LogP contribution in [0, 0.1) is 6.92 Å². The summed E-state index contributed by atoms with van der Waals surface area (Å²) in [5.41, 5.74) is 3.82. The molecule has 1 amide bonds. The first-order valence-corrected chi connectivity index (χ1v) is 13.5. The standard InChI is InChI=1S/C31H26N2O5S/c1-4-12-37-22-7-5-6-19(16-22)27-26(28(34)20-9-11-24-21(15-20)14-18(3)38-24)29(35)30(36)33(27)31-32-23-10-8-17(2)13-25(23)39-31/h4-11,13,15-16,18,27,34H,1,12,14H2,2-3H3/b28-26+. The third kappa shape index (κ3) is 4.36. The number of carbonyl (C=O) groups excluding carboxylic acids is 2. The van der Waals surface area contributed by atoms with Crippen molar-refractivity contribution in [1.82, 2.24) is 4.98 Å². The topological polar surface area (TPSA) is 89.0 Å². The highest BCUT2D eigenvalue weighted by Gasteiger charge is 2.48. The van der Waals surface area contributed by atoms with E-state index in [0.29, 0.717) is 35.0 Å². The summed E-state index contributed by atoms with van der Waals surface area (Å²) in [5.74, 6) is -0.435. The van der Waals surface area contributed by atoms with Gasteiger partial charge in [-0.2, -0.15) is 0 Å². The Bertz CT molecular complexity index is 1690. The minimum atomic E-state index is -0.901. The van der Waals surface area contributed by atoms with E-state index in [1.54, 1.807) is 36.4 Å². The molecule has 3 heterocycles. The third-order valence-corrected chi connectivity index (χ3v) is 7.91. The number of fused-ring (bicyclic) bond motifs is 2. The van der Waals surface area contributed by atoms with Gasteiger partial charge in [-0.1, -0.05) is 42.2 Å². The smallest absolute Gasteiger partial charge is 0.301 e. The normalized spacial score (nSPS) is 19.8. The van der Waals surface area contributed by atoms with Crippen molar-refractivity contribution in [1.29, 1.82) is 0 Å². The second-order valence-corrected chi connectivity index (χ2v) is 10.8. The van der Waals surface area contributed by atoms with Crippen LogP contribution in [0.4, 0.5) is 5.13 Å². The van der Waals surface area contributed by atoms with Gasteiger partial charge in [0.25, 0.3) is 5.78 Å². The van der Waals surface area contributed by atoms with E-state index in [0.717, 1.165) is 27.1 Å². The van der Waals surface area contributed by atoms with E-state index < -0.39 is 17.7 Å². The molecule has 0 saturated carbocycles. The number of rotatable bonds is 6. The zero-order chi connectivity index (χ0) is 27.3. The molecule has 196 valence electrons. The number of hydrogen-bond donors (Lipinski definition) is 1. The molecule has 2 unspecified atom stereocenters. The van der Waals surface area contributed by atoms with Gasteiger partial charge in [0.1, 0.15) is 30.0 Å². The van der Waals surface area contributed by atoms with Crippen LogP contribution in [0.25, 0.3) is 16.0 Å². The Labute approximate surface area is 229 Å². The van der Waals surface area contributed by atoms with Crippen molar-refractivity contribution in [3.63, 3.8) is 0 Å². The third-order valence-electron chi connectivity index (χ3n) is 6.89. The second-order valence-electron chi connectivity index (χ2n) is 9.76. The Balaban J connectivity index is 1.53. The molecule has 2 atom stereocenters. The quantitative estimate of drug-likeness (QED) is 0.138. The molecule has 1 saturated heterocycles. The van der Waals surface area contributed by atoms with Gasteiger partial charge in [0.2, 0.25) is 0 Å². The van der Waals surface area contributed by atoms with E-state index in [2.05, 4.69) is 6.58 Å². The molecule has 4 aromatic rings. The number of ether oxygens (including phenoxy) is 2. The molecule has 39 heavy (non-hydrogen) atoms. The maximum Gasteiger partial charge on any atom is 0.301 e. The van der Waals surface area contributed by atoms with Gasteiger partial charge >= 0.3 is 5.91 Å². The van der Waals surface area contributed by atoms with E-state index in [1.807, 2.05) is 44.2 Å². The minimum absolute atomic E-state index is 0.00298. The number of nitrogens with zero attached hydrogens (tertiary/aromatic N) is 2. The SMILES string of the molecule is C=CCOc1cccc(C2/C(=C(\O)c3ccc4c(c3)CC(C)O4)C(=O)C(=O)N2c2nc3ccc(C)cc3s2)c1. The zero-order valence-electron chi connectivity index (χ0n) is 21.5. The van der Waals surface area contributed by atoms with Crippen molar-refractivity contribution in [3.05, 3.63) is 101 Å². The van der Waals surface area contributed by atoms with Gasteiger partial charge in [-0.25, -0.2) is 4.98 Å². The van der Waals surface area contributed by atoms with Gasteiger partial charge < -0.3 is 14.6 Å². The van der Waals surface area contributed by atoms with Crippen LogP contribution in [0.5, 0.6) is 11.5 Å². The Kier molecular flexibility index (Phi) is 6.19. The number of amides is 1. The van der Waals surface area contributed by atoms with Gasteiger partial charge in [0.05, 0.1) is 21.8 Å².